The van der Waals surface area contributed by atoms with Crippen molar-refractivity contribution in [2.75, 3.05) is 0 Å². The van der Waals surface area contributed by atoms with Crippen molar-refractivity contribution < 1.29 is 4.79 Å². The van der Waals surface area contributed by atoms with E-state index >= 15 is 0 Å². The lowest BCUT2D eigenvalue weighted by atomic mass is 9.85. The summed E-state index contributed by atoms with van der Waals surface area (Å²) >= 11 is 0. The summed E-state index contributed by atoms with van der Waals surface area (Å²) in [5, 5.41) is 0. The molecule has 0 spiro atoms. The number of ketones is 1. The molecule has 0 radical (unpaired) electrons. The summed E-state index contributed by atoms with van der Waals surface area (Å²) in [4.78, 5) is 11.3. The summed E-state index contributed by atoms with van der Waals surface area (Å²) < 4.78 is 0. The Morgan fingerprint density at radius 3 is 2.82 bits per heavy atom. The van der Waals surface area contributed by atoms with Gasteiger partial charge in [0.2, 0.25) is 0 Å². The molecule has 0 saturated heterocycles. The maximum atomic E-state index is 11.3. The van der Waals surface area contributed by atoms with E-state index in [0.29, 0.717) is 29.5 Å². The van der Waals surface area contributed by atoms with Gasteiger partial charge in [0.1, 0.15) is 0 Å². The molecule has 0 N–H and O–H groups in total. The quantitative estimate of drug-likeness (QED) is 0.474. The van der Waals surface area contributed by atoms with Crippen molar-refractivity contribution in [3.8, 4) is 0 Å². The molecule has 0 heterocycles. The van der Waals surface area contributed by atoms with E-state index in [9.17, 15) is 4.79 Å². The molecule has 1 nitrogen and oxygen atoms in total. The highest BCUT2D eigenvalue weighted by molar-refractivity contribution is 5.95. The summed E-state index contributed by atoms with van der Waals surface area (Å²) in [5.74, 6) is 2.54. The minimum Gasteiger partial charge on any atom is -0.295 e. The Kier molecular flexibility index (Phi) is 0.867. The molecule has 1 saturated carbocycles. The van der Waals surface area contributed by atoms with Gasteiger partial charge in [-0.1, -0.05) is 18.2 Å². The first-order chi connectivity index (χ1) is 5.36. The van der Waals surface area contributed by atoms with Gasteiger partial charge < -0.3 is 0 Å². The first-order valence-electron chi connectivity index (χ1n) is 4.26. The van der Waals surface area contributed by atoms with Crippen LogP contribution >= 0.6 is 0 Å². The van der Waals surface area contributed by atoms with E-state index in [-0.39, 0.29) is 0 Å². The van der Waals surface area contributed by atoms with Crippen molar-refractivity contribution in [3.05, 3.63) is 24.3 Å². The minimum atomic E-state index is 0.338. The van der Waals surface area contributed by atoms with Gasteiger partial charge in [0.25, 0.3) is 0 Å². The maximum absolute atomic E-state index is 11.3. The number of carbonyl (C=O) groups excluding carboxylic acids is 1. The first kappa shape index (κ1) is 5.76. The highest BCUT2D eigenvalue weighted by Crippen LogP contribution is 2.51. The largest absolute Gasteiger partial charge is 0.295 e. The van der Waals surface area contributed by atoms with Crippen LogP contribution in [0.5, 0.6) is 0 Å². The van der Waals surface area contributed by atoms with Gasteiger partial charge >= 0.3 is 0 Å². The van der Waals surface area contributed by atoms with E-state index in [1.807, 2.05) is 0 Å². The summed E-state index contributed by atoms with van der Waals surface area (Å²) in [6, 6.07) is 0. The SMILES string of the molecule is O=C1C=C[C@@H]2[C@H]1[C@H]1C=C[C@H]2C1. The molecule has 4 atom stereocenters. The monoisotopic (exact) mass is 146 g/mol. The maximum Gasteiger partial charge on any atom is 0.159 e. The average molecular weight is 146 g/mol. The predicted octanol–water partition coefficient (Wildman–Crippen LogP) is 1.56. The first-order valence-corrected chi connectivity index (χ1v) is 4.26. The zero-order chi connectivity index (χ0) is 7.42. The Labute approximate surface area is 65.8 Å². The molecular weight excluding hydrogens is 136 g/mol. The molecule has 3 aliphatic carbocycles. The molecule has 0 unspecified atom stereocenters. The van der Waals surface area contributed by atoms with Gasteiger partial charge in [0, 0.05) is 5.92 Å². The minimum absolute atomic E-state index is 0.338. The highest BCUT2D eigenvalue weighted by Gasteiger charge is 2.48. The molecule has 0 aromatic rings. The number of hydrogen-bond donors (Lipinski definition) is 0. The normalized spacial score (nSPS) is 50.7. The van der Waals surface area contributed by atoms with Crippen molar-refractivity contribution in [3.63, 3.8) is 0 Å². The van der Waals surface area contributed by atoms with E-state index < -0.39 is 0 Å². The van der Waals surface area contributed by atoms with Crippen molar-refractivity contribution in [1.82, 2.24) is 0 Å². The number of allylic oxidation sites excluding steroid dienone is 4. The molecule has 0 aliphatic heterocycles. The molecule has 0 aromatic heterocycles. The molecule has 1 fully saturated rings. The van der Waals surface area contributed by atoms with Gasteiger partial charge in [-0.05, 0) is 30.3 Å². The van der Waals surface area contributed by atoms with Crippen LogP contribution in [0.2, 0.25) is 0 Å². The number of hydrogen-bond acceptors (Lipinski definition) is 1. The third kappa shape index (κ3) is 0.550. The van der Waals surface area contributed by atoms with E-state index in [4.69, 9.17) is 0 Å². The van der Waals surface area contributed by atoms with Gasteiger partial charge in [-0.2, -0.15) is 0 Å². The van der Waals surface area contributed by atoms with E-state index in [2.05, 4.69) is 18.2 Å². The van der Waals surface area contributed by atoms with Crippen LogP contribution in [0.25, 0.3) is 0 Å². The predicted molar refractivity (Wildman–Crippen MR) is 41.9 cm³/mol. The van der Waals surface area contributed by atoms with Gasteiger partial charge in [-0.25, -0.2) is 0 Å². The highest BCUT2D eigenvalue weighted by atomic mass is 16.1. The summed E-state index contributed by atoms with van der Waals surface area (Å²) in [6.07, 6.45) is 9.64. The van der Waals surface area contributed by atoms with Crippen LogP contribution < -0.4 is 0 Å². The number of carbonyl (C=O) groups is 1. The Morgan fingerprint density at radius 2 is 2.00 bits per heavy atom. The van der Waals surface area contributed by atoms with Crippen LogP contribution in [0, 0.1) is 23.7 Å². The molecule has 1 heteroatoms. The summed E-state index contributed by atoms with van der Waals surface area (Å²) in [7, 11) is 0. The fourth-order valence-corrected chi connectivity index (χ4v) is 2.84. The molecule has 2 bridgehead atoms. The van der Waals surface area contributed by atoms with Crippen LogP contribution in [-0.2, 0) is 4.79 Å². The Balaban J connectivity index is 2.08. The lowest BCUT2D eigenvalue weighted by molar-refractivity contribution is -0.118. The average Bonchev–Trinajstić information content (AvgIpc) is 2.60. The van der Waals surface area contributed by atoms with Crippen LogP contribution in [-0.4, -0.2) is 5.78 Å². The zero-order valence-electron chi connectivity index (χ0n) is 6.23. The van der Waals surface area contributed by atoms with Crippen molar-refractivity contribution in [2.45, 2.75) is 6.42 Å². The van der Waals surface area contributed by atoms with E-state index in [0.717, 1.165) is 0 Å². The fraction of sp³-hybridized carbons (Fsp3) is 0.500. The number of rotatable bonds is 0. The van der Waals surface area contributed by atoms with Gasteiger partial charge in [0.15, 0.2) is 5.78 Å². The molecule has 0 aromatic carbocycles. The third-order valence-electron chi connectivity index (χ3n) is 3.33. The summed E-state index contributed by atoms with van der Waals surface area (Å²) in [6.45, 7) is 0. The van der Waals surface area contributed by atoms with Crippen molar-refractivity contribution in [2.24, 2.45) is 23.7 Å². The fourth-order valence-electron chi connectivity index (χ4n) is 2.84. The van der Waals surface area contributed by atoms with E-state index in [1.165, 1.54) is 6.42 Å². The van der Waals surface area contributed by atoms with E-state index in [1.54, 1.807) is 6.08 Å². The second kappa shape index (κ2) is 1.66. The van der Waals surface area contributed by atoms with Gasteiger partial charge in [-0.3, -0.25) is 4.79 Å². The molecule has 0 amide bonds. The number of fused-ring (bicyclic) bond motifs is 5. The topological polar surface area (TPSA) is 17.1 Å². The molecular formula is C10H10O. The van der Waals surface area contributed by atoms with Crippen LogP contribution in [0.15, 0.2) is 24.3 Å². The Bertz CT molecular complexity index is 275. The van der Waals surface area contributed by atoms with Crippen LogP contribution in [0.3, 0.4) is 0 Å². The molecule has 11 heavy (non-hydrogen) atoms. The Morgan fingerprint density at radius 1 is 1.18 bits per heavy atom. The van der Waals surface area contributed by atoms with Crippen molar-refractivity contribution >= 4 is 5.78 Å². The smallest absolute Gasteiger partial charge is 0.159 e. The second-order valence-corrected chi connectivity index (χ2v) is 3.81. The Hall–Kier alpha value is -0.850. The molecule has 3 aliphatic rings. The lowest BCUT2D eigenvalue weighted by Gasteiger charge is -2.17. The third-order valence-corrected chi connectivity index (χ3v) is 3.33. The standard InChI is InChI=1S/C10H10O/c11-9-4-3-8-6-1-2-7(5-6)10(8)9/h1-4,6-8,10H,5H2/t6-,7-,8-,10+/m0/s1. The van der Waals surface area contributed by atoms with Crippen molar-refractivity contribution in [1.29, 1.82) is 0 Å². The van der Waals surface area contributed by atoms with Crippen LogP contribution in [0.4, 0.5) is 0 Å². The zero-order valence-corrected chi connectivity index (χ0v) is 6.23. The molecule has 3 rings (SSSR count). The molecule has 56 valence electrons. The lowest BCUT2D eigenvalue weighted by Crippen LogP contribution is -2.19. The van der Waals surface area contributed by atoms with Gasteiger partial charge in [0.05, 0.1) is 0 Å². The van der Waals surface area contributed by atoms with Gasteiger partial charge in [-0.15, -0.1) is 0 Å². The second-order valence-electron chi connectivity index (χ2n) is 3.81. The summed E-state index contributed by atoms with van der Waals surface area (Å²) in [5.41, 5.74) is 0. The van der Waals surface area contributed by atoms with Crippen LogP contribution in [0.1, 0.15) is 6.42 Å².